The Labute approximate surface area is 113 Å². The molecule has 0 aliphatic heterocycles. The maximum absolute atomic E-state index is 10.6. The number of aryl methyl sites for hydroxylation is 3. The largest absolute Gasteiger partial charge is 0.269 e. The van der Waals surface area contributed by atoms with Gasteiger partial charge in [0.15, 0.2) is 0 Å². The van der Waals surface area contributed by atoms with Crippen LogP contribution in [0.25, 0.3) is 0 Å². The first-order valence-corrected chi connectivity index (χ1v) is 6.28. The van der Waals surface area contributed by atoms with Crippen molar-refractivity contribution in [1.82, 2.24) is 0 Å². The Bertz CT molecular complexity index is 588. The molecule has 0 saturated heterocycles. The zero-order valence-corrected chi connectivity index (χ0v) is 11.1. The van der Waals surface area contributed by atoms with Crippen LogP contribution in [0.2, 0.25) is 0 Å². The Morgan fingerprint density at radius 1 is 1.11 bits per heavy atom. The molecule has 2 aromatic rings. The van der Waals surface area contributed by atoms with E-state index in [2.05, 4.69) is 26.0 Å². The number of benzene rings is 2. The summed E-state index contributed by atoms with van der Waals surface area (Å²) in [6.07, 6.45) is 1.78. The van der Waals surface area contributed by atoms with Crippen LogP contribution in [0.1, 0.15) is 22.3 Å². The van der Waals surface area contributed by atoms with Crippen molar-refractivity contribution >= 4 is 5.69 Å². The molecule has 0 saturated carbocycles. The molecular formula is C16H16NO2. The Balaban J connectivity index is 2.06. The van der Waals surface area contributed by atoms with Gasteiger partial charge in [-0.15, -0.1) is 0 Å². The second-order valence-corrected chi connectivity index (χ2v) is 4.69. The Kier molecular flexibility index (Phi) is 3.95. The van der Waals surface area contributed by atoms with Crippen LogP contribution in [0.4, 0.5) is 5.69 Å². The summed E-state index contributed by atoms with van der Waals surface area (Å²) in [4.78, 5) is 10.2. The zero-order valence-electron chi connectivity index (χ0n) is 11.1. The van der Waals surface area contributed by atoms with Gasteiger partial charge in [0.05, 0.1) is 4.92 Å². The fraction of sp³-hybridized carbons (Fsp3) is 0.250. The predicted molar refractivity (Wildman–Crippen MR) is 75.3 cm³/mol. The maximum Gasteiger partial charge on any atom is 0.269 e. The average molecular weight is 254 g/mol. The molecule has 0 aliphatic rings. The van der Waals surface area contributed by atoms with Crippen LogP contribution in [0.5, 0.6) is 0 Å². The zero-order chi connectivity index (χ0) is 13.8. The minimum Gasteiger partial charge on any atom is -0.258 e. The summed E-state index contributed by atoms with van der Waals surface area (Å²) in [6.45, 7) is 4.20. The van der Waals surface area contributed by atoms with Gasteiger partial charge in [-0.25, -0.2) is 0 Å². The van der Waals surface area contributed by atoms with Crippen molar-refractivity contribution in [3.05, 3.63) is 74.8 Å². The Morgan fingerprint density at radius 2 is 1.79 bits per heavy atom. The highest BCUT2D eigenvalue weighted by molar-refractivity contribution is 5.35. The summed E-state index contributed by atoms with van der Waals surface area (Å²) in [5.41, 5.74) is 5.03. The number of hydrogen-bond donors (Lipinski definition) is 0. The lowest BCUT2D eigenvalue weighted by Gasteiger charge is -2.08. The first-order chi connectivity index (χ1) is 9.08. The van der Waals surface area contributed by atoms with E-state index in [1.165, 1.54) is 16.7 Å². The maximum atomic E-state index is 10.6. The normalized spacial score (nSPS) is 10.4. The number of nitro groups is 1. The van der Waals surface area contributed by atoms with Crippen molar-refractivity contribution in [2.24, 2.45) is 0 Å². The summed E-state index contributed by atoms with van der Waals surface area (Å²) in [7, 11) is 0. The number of non-ortho nitro benzene ring substituents is 1. The van der Waals surface area contributed by atoms with Crippen molar-refractivity contribution in [1.29, 1.82) is 0 Å². The van der Waals surface area contributed by atoms with Crippen molar-refractivity contribution in [2.75, 3.05) is 0 Å². The van der Waals surface area contributed by atoms with E-state index >= 15 is 0 Å². The third kappa shape index (κ3) is 3.19. The Morgan fingerprint density at radius 3 is 2.42 bits per heavy atom. The van der Waals surface area contributed by atoms with Crippen LogP contribution in [-0.4, -0.2) is 4.92 Å². The van der Waals surface area contributed by atoms with Gasteiger partial charge in [0.25, 0.3) is 5.69 Å². The van der Waals surface area contributed by atoms with E-state index in [9.17, 15) is 10.1 Å². The van der Waals surface area contributed by atoms with Crippen molar-refractivity contribution < 1.29 is 4.92 Å². The predicted octanol–water partition coefficient (Wildman–Crippen LogP) is 3.80. The second kappa shape index (κ2) is 5.65. The molecule has 0 atom stereocenters. The summed E-state index contributed by atoms with van der Waals surface area (Å²) >= 11 is 0. The van der Waals surface area contributed by atoms with Crippen molar-refractivity contribution in [3.63, 3.8) is 0 Å². The van der Waals surface area contributed by atoms with Crippen LogP contribution in [0.3, 0.4) is 0 Å². The summed E-state index contributed by atoms with van der Waals surface area (Å²) in [6, 6.07) is 14.0. The van der Waals surface area contributed by atoms with E-state index in [0.717, 1.165) is 18.4 Å². The van der Waals surface area contributed by atoms with Gasteiger partial charge >= 0.3 is 0 Å². The lowest BCUT2D eigenvalue weighted by atomic mass is 9.97. The summed E-state index contributed by atoms with van der Waals surface area (Å²) in [5, 5.41) is 10.6. The van der Waals surface area contributed by atoms with Crippen molar-refractivity contribution in [2.45, 2.75) is 26.7 Å². The average Bonchev–Trinajstić information content (AvgIpc) is 2.41. The summed E-state index contributed by atoms with van der Waals surface area (Å²) in [5.74, 6) is 0. The molecule has 19 heavy (non-hydrogen) atoms. The van der Waals surface area contributed by atoms with Crippen LogP contribution < -0.4 is 0 Å². The SMILES string of the molecule is Cc1cc[c]c(CCc2ccc([N+](=O)[O-])cc2)c1C. The van der Waals surface area contributed by atoms with Crippen LogP contribution in [0.15, 0.2) is 36.4 Å². The number of rotatable bonds is 4. The fourth-order valence-electron chi connectivity index (χ4n) is 2.05. The number of nitrogens with zero attached hydrogens (tertiary/aromatic N) is 1. The summed E-state index contributed by atoms with van der Waals surface area (Å²) < 4.78 is 0. The molecule has 3 nitrogen and oxygen atoms in total. The van der Waals surface area contributed by atoms with Crippen LogP contribution in [0, 0.1) is 30.0 Å². The van der Waals surface area contributed by atoms with Gasteiger partial charge in [-0.2, -0.15) is 0 Å². The number of hydrogen-bond acceptors (Lipinski definition) is 2. The molecule has 0 unspecified atom stereocenters. The highest BCUT2D eigenvalue weighted by Crippen LogP contribution is 2.17. The third-order valence-electron chi connectivity index (χ3n) is 3.45. The van der Waals surface area contributed by atoms with Crippen LogP contribution in [-0.2, 0) is 12.8 Å². The smallest absolute Gasteiger partial charge is 0.258 e. The van der Waals surface area contributed by atoms with E-state index in [4.69, 9.17) is 0 Å². The molecule has 3 heteroatoms. The standard InChI is InChI=1S/C16H16NO2/c1-12-4-3-5-15(13(12)2)9-6-14-7-10-16(11-8-14)17(18)19/h3-4,7-8,10-11H,6,9H2,1-2H3. The molecule has 0 bridgehead atoms. The molecule has 0 N–H and O–H groups in total. The molecule has 2 rings (SSSR count). The molecule has 0 aliphatic carbocycles. The minimum absolute atomic E-state index is 0.141. The minimum atomic E-state index is -0.373. The molecule has 97 valence electrons. The molecule has 0 spiro atoms. The van der Waals surface area contributed by atoms with Crippen LogP contribution >= 0.6 is 0 Å². The highest BCUT2D eigenvalue weighted by atomic mass is 16.6. The van der Waals surface area contributed by atoms with Gasteiger partial charge in [0.2, 0.25) is 0 Å². The van der Waals surface area contributed by atoms with Gasteiger partial charge in [0.1, 0.15) is 0 Å². The molecule has 0 aromatic heterocycles. The van der Waals surface area contributed by atoms with E-state index in [1.54, 1.807) is 12.1 Å². The monoisotopic (exact) mass is 254 g/mol. The Hall–Kier alpha value is -2.16. The van der Waals surface area contributed by atoms with Gasteiger partial charge in [-0.3, -0.25) is 10.1 Å². The molecular weight excluding hydrogens is 238 g/mol. The first kappa shape index (κ1) is 13.3. The van der Waals surface area contributed by atoms with Gasteiger partial charge < -0.3 is 0 Å². The van der Waals surface area contributed by atoms with E-state index in [0.29, 0.717) is 0 Å². The molecule has 0 amide bonds. The topological polar surface area (TPSA) is 43.1 Å². The van der Waals surface area contributed by atoms with E-state index in [1.807, 2.05) is 18.2 Å². The molecule has 2 aromatic carbocycles. The lowest BCUT2D eigenvalue weighted by Crippen LogP contribution is -1.96. The third-order valence-corrected chi connectivity index (χ3v) is 3.45. The highest BCUT2D eigenvalue weighted by Gasteiger charge is 2.05. The number of nitro benzene ring substituents is 1. The second-order valence-electron chi connectivity index (χ2n) is 4.69. The molecule has 1 radical (unpaired) electrons. The van der Waals surface area contributed by atoms with Gasteiger partial charge in [-0.1, -0.05) is 24.3 Å². The van der Waals surface area contributed by atoms with E-state index in [-0.39, 0.29) is 10.6 Å². The van der Waals surface area contributed by atoms with Gasteiger partial charge in [0, 0.05) is 12.1 Å². The molecule has 0 heterocycles. The molecule has 0 fully saturated rings. The van der Waals surface area contributed by atoms with Crippen molar-refractivity contribution in [3.8, 4) is 0 Å². The van der Waals surface area contributed by atoms with Gasteiger partial charge in [-0.05, 0) is 55.0 Å². The lowest BCUT2D eigenvalue weighted by molar-refractivity contribution is -0.384. The fourth-order valence-corrected chi connectivity index (χ4v) is 2.05. The quantitative estimate of drug-likeness (QED) is 0.615. The first-order valence-electron chi connectivity index (χ1n) is 6.28. The van der Waals surface area contributed by atoms with E-state index < -0.39 is 0 Å².